The lowest BCUT2D eigenvalue weighted by Gasteiger charge is -2.34. The van der Waals surface area contributed by atoms with E-state index in [2.05, 4.69) is 51.9 Å². The molecule has 2 heterocycles. The van der Waals surface area contributed by atoms with Crippen molar-refractivity contribution in [2.75, 3.05) is 43.4 Å². The van der Waals surface area contributed by atoms with Crippen LogP contribution in [-0.2, 0) is 11.2 Å². The van der Waals surface area contributed by atoms with E-state index in [-0.39, 0.29) is 5.78 Å². The van der Waals surface area contributed by atoms with Gasteiger partial charge in [0.25, 0.3) is 0 Å². The second-order valence-corrected chi connectivity index (χ2v) is 8.23. The van der Waals surface area contributed by atoms with Crippen LogP contribution in [0.15, 0.2) is 67.3 Å². The number of aryl methyl sites for hydroxylation is 1. The highest BCUT2D eigenvalue weighted by molar-refractivity contribution is 5.91. The third kappa shape index (κ3) is 5.39. The first-order valence-electron chi connectivity index (χ1n) is 10.9. The molecule has 0 saturated carbocycles. The van der Waals surface area contributed by atoms with E-state index in [1.165, 1.54) is 11.8 Å². The molecule has 6 heteroatoms. The van der Waals surface area contributed by atoms with Crippen LogP contribution in [0.1, 0.15) is 11.3 Å². The number of ketones is 1. The number of aromatic nitrogens is 2. The van der Waals surface area contributed by atoms with Crippen LogP contribution in [0.5, 0.6) is 0 Å². The van der Waals surface area contributed by atoms with Gasteiger partial charge in [-0.2, -0.15) is 0 Å². The number of anilines is 3. The summed E-state index contributed by atoms with van der Waals surface area (Å²) in [6.07, 6.45) is 1.70. The molecule has 4 rings (SSSR count). The molecule has 32 heavy (non-hydrogen) atoms. The molecule has 0 amide bonds. The fraction of sp³-hybridized carbons (Fsp3) is 0.269. The predicted octanol–water partition coefficient (Wildman–Crippen LogP) is 4.25. The van der Waals surface area contributed by atoms with Crippen molar-refractivity contribution in [3.05, 3.63) is 78.5 Å². The smallest absolute Gasteiger partial charge is 0.227 e. The second kappa shape index (κ2) is 9.75. The van der Waals surface area contributed by atoms with E-state index in [4.69, 9.17) is 4.98 Å². The fourth-order valence-electron chi connectivity index (χ4n) is 3.86. The minimum Gasteiger partial charge on any atom is -0.369 e. The number of carbonyl (C=O) groups excluding carboxylic acids is 1. The maximum absolute atomic E-state index is 11.7. The predicted molar refractivity (Wildman–Crippen MR) is 131 cm³/mol. The van der Waals surface area contributed by atoms with Crippen LogP contribution in [0, 0.1) is 6.92 Å². The summed E-state index contributed by atoms with van der Waals surface area (Å²) in [5.74, 6) is 0.562. The van der Waals surface area contributed by atoms with E-state index >= 15 is 0 Å². The average Bonchev–Trinajstić information content (AvgIpc) is 2.79. The van der Waals surface area contributed by atoms with Crippen LogP contribution in [0.3, 0.4) is 0 Å². The van der Waals surface area contributed by atoms with Crippen molar-refractivity contribution >= 4 is 23.1 Å². The number of hydrogen-bond donors (Lipinski definition) is 1. The number of allylic oxidation sites excluding steroid dienone is 1. The van der Waals surface area contributed by atoms with Gasteiger partial charge in [-0.3, -0.25) is 4.79 Å². The third-order valence-corrected chi connectivity index (χ3v) is 5.65. The molecule has 2 aromatic carbocycles. The van der Waals surface area contributed by atoms with Crippen LogP contribution in [0.4, 0.5) is 17.3 Å². The minimum atomic E-state index is 0.00334. The molecule has 0 bridgehead atoms. The Bertz CT molecular complexity index is 1120. The molecule has 1 aliphatic heterocycles. The minimum absolute atomic E-state index is 0.00334. The Kier molecular flexibility index (Phi) is 6.61. The topological polar surface area (TPSA) is 61.4 Å². The lowest BCUT2D eigenvalue weighted by molar-refractivity contribution is -0.114. The Morgan fingerprint density at radius 1 is 1.06 bits per heavy atom. The normalized spacial score (nSPS) is 14.2. The summed E-state index contributed by atoms with van der Waals surface area (Å²) in [6.45, 7) is 9.70. The van der Waals surface area contributed by atoms with Crippen molar-refractivity contribution in [2.24, 2.45) is 0 Å². The lowest BCUT2D eigenvalue weighted by Crippen LogP contribution is -2.44. The first-order valence-corrected chi connectivity index (χ1v) is 10.9. The summed E-state index contributed by atoms with van der Waals surface area (Å²) in [7, 11) is 2.16. The van der Waals surface area contributed by atoms with Gasteiger partial charge in [0, 0.05) is 55.2 Å². The summed E-state index contributed by atoms with van der Waals surface area (Å²) in [5.41, 5.74) is 5.76. The summed E-state index contributed by atoms with van der Waals surface area (Å²) in [6, 6.07) is 18.3. The standard InChI is InChI=1S/C26H29N5O/c1-4-24(32)17-20-7-5-8-21(16-20)25-15-19(2)27-26(29-25)28-22-9-6-10-23(18-22)31-13-11-30(3)12-14-31/h4-10,15-16,18H,1,11-14,17H2,2-3H3,(H,27,28,29). The van der Waals surface area contributed by atoms with Gasteiger partial charge in [-0.15, -0.1) is 0 Å². The number of benzene rings is 2. The number of hydrogen-bond acceptors (Lipinski definition) is 6. The molecule has 1 N–H and O–H groups in total. The Hall–Kier alpha value is -3.51. The number of piperazine rings is 1. The van der Waals surface area contributed by atoms with E-state index in [0.29, 0.717) is 12.4 Å². The van der Waals surface area contributed by atoms with Gasteiger partial charge in [-0.05, 0) is 55.9 Å². The first-order chi connectivity index (χ1) is 15.5. The van der Waals surface area contributed by atoms with Gasteiger partial charge in [0.1, 0.15) is 0 Å². The van der Waals surface area contributed by atoms with Crippen molar-refractivity contribution in [1.29, 1.82) is 0 Å². The SMILES string of the molecule is C=CC(=O)Cc1cccc(-c2cc(C)nc(Nc3cccc(N4CCN(C)CC4)c3)n2)c1. The molecule has 164 valence electrons. The summed E-state index contributed by atoms with van der Waals surface area (Å²) in [5, 5.41) is 3.37. The Morgan fingerprint density at radius 3 is 2.62 bits per heavy atom. The van der Waals surface area contributed by atoms with Gasteiger partial charge in [-0.25, -0.2) is 9.97 Å². The number of nitrogens with zero attached hydrogens (tertiary/aromatic N) is 4. The van der Waals surface area contributed by atoms with Gasteiger partial charge >= 0.3 is 0 Å². The fourth-order valence-corrected chi connectivity index (χ4v) is 3.86. The molecular formula is C26H29N5O. The zero-order valence-corrected chi connectivity index (χ0v) is 18.7. The number of nitrogens with one attached hydrogen (secondary N) is 1. The number of likely N-dealkylation sites (N-methyl/N-ethyl adjacent to an activating group) is 1. The Morgan fingerprint density at radius 2 is 1.84 bits per heavy atom. The van der Waals surface area contributed by atoms with Crippen LogP contribution in [-0.4, -0.2) is 53.9 Å². The molecule has 1 saturated heterocycles. The molecule has 0 aliphatic carbocycles. The maximum Gasteiger partial charge on any atom is 0.227 e. The Balaban J connectivity index is 1.55. The van der Waals surface area contributed by atoms with Crippen molar-refractivity contribution in [2.45, 2.75) is 13.3 Å². The summed E-state index contributed by atoms with van der Waals surface area (Å²) >= 11 is 0. The van der Waals surface area contributed by atoms with E-state index in [1.807, 2.05) is 43.3 Å². The van der Waals surface area contributed by atoms with E-state index in [1.54, 1.807) is 0 Å². The molecule has 1 fully saturated rings. The highest BCUT2D eigenvalue weighted by Crippen LogP contribution is 2.25. The average molecular weight is 428 g/mol. The summed E-state index contributed by atoms with van der Waals surface area (Å²) in [4.78, 5) is 25.8. The molecule has 0 radical (unpaired) electrons. The van der Waals surface area contributed by atoms with E-state index < -0.39 is 0 Å². The van der Waals surface area contributed by atoms with Crippen LogP contribution in [0.2, 0.25) is 0 Å². The van der Waals surface area contributed by atoms with Crippen LogP contribution >= 0.6 is 0 Å². The molecule has 1 aromatic heterocycles. The monoisotopic (exact) mass is 427 g/mol. The van der Waals surface area contributed by atoms with Gasteiger partial charge in [-0.1, -0.05) is 30.8 Å². The molecule has 6 nitrogen and oxygen atoms in total. The number of rotatable bonds is 7. The van der Waals surface area contributed by atoms with Crippen molar-refractivity contribution in [3.8, 4) is 11.3 Å². The first kappa shape index (κ1) is 21.7. The Labute approximate surface area is 189 Å². The summed E-state index contributed by atoms with van der Waals surface area (Å²) < 4.78 is 0. The zero-order chi connectivity index (χ0) is 22.5. The van der Waals surface area contributed by atoms with Gasteiger partial charge in [0.15, 0.2) is 5.78 Å². The molecule has 0 atom stereocenters. The third-order valence-electron chi connectivity index (χ3n) is 5.65. The quantitative estimate of drug-likeness (QED) is 0.569. The highest BCUT2D eigenvalue weighted by Gasteiger charge is 2.15. The van der Waals surface area contributed by atoms with Gasteiger partial charge in [0.05, 0.1) is 5.69 Å². The van der Waals surface area contributed by atoms with Gasteiger partial charge < -0.3 is 15.1 Å². The van der Waals surface area contributed by atoms with Crippen LogP contribution < -0.4 is 10.2 Å². The van der Waals surface area contributed by atoms with Crippen molar-refractivity contribution < 1.29 is 4.79 Å². The largest absolute Gasteiger partial charge is 0.369 e. The van der Waals surface area contributed by atoms with E-state index in [9.17, 15) is 4.79 Å². The van der Waals surface area contributed by atoms with Crippen LogP contribution in [0.25, 0.3) is 11.3 Å². The highest BCUT2D eigenvalue weighted by atomic mass is 16.1. The molecule has 1 aliphatic rings. The second-order valence-electron chi connectivity index (χ2n) is 8.23. The van der Waals surface area contributed by atoms with Gasteiger partial charge in [0.2, 0.25) is 5.95 Å². The lowest BCUT2D eigenvalue weighted by atomic mass is 10.0. The van der Waals surface area contributed by atoms with Crippen molar-refractivity contribution in [1.82, 2.24) is 14.9 Å². The molecule has 0 spiro atoms. The molecule has 3 aromatic rings. The zero-order valence-electron chi connectivity index (χ0n) is 18.7. The molecular weight excluding hydrogens is 398 g/mol. The molecule has 0 unspecified atom stereocenters. The number of carbonyl (C=O) groups is 1. The van der Waals surface area contributed by atoms with E-state index in [0.717, 1.165) is 54.4 Å². The van der Waals surface area contributed by atoms with Crippen molar-refractivity contribution in [3.63, 3.8) is 0 Å². The maximum atomic E-state index is 11.7.